The van der Waals surface area contributed by atoms with E-state index in [0.717, 1.165) is 25.8 Å². The molecule has 3 rings (SSSR count). The van der Waals surface area contributed by atoms with E-state index in [4.69, 9.17) is 5.73 Å². The van der Waals surface area contributed by atoms with Crippen molar-refractivity contribution in [1.29, 1.82) is 0 Å². The summed E-state index contributed by atoms with van der Waals surface area (Å²) in [7, 11) is 0. The smallest absolute Gasteiger partial charge is 0.0497 e. The van der Waals surface area contributed by atoms with Gasteiger partial charge in [-0.2, -0.15) is 0 Å². The van der Waals surface area contributed by atoms with Gasteiger partial charge in [-0.15, -0.1) is 0 Å². The molecule has 2 aromatic carbocycles. The summed E-state index contributed by atoms with van der Waals surface area (Å²) in [4.78, 5) is 3.66. The number of fused-ring (bicyclic) bond motifs is 1. The normalized spacial score (nSPS) is 11.2. The lowest BCUT2D eigenvalue weighted by molar-refractivity contribution is 0.748. The van der Waals surface area contributed by atoms with Gasteiger partial charge in [0, 0.05) is 16.6 Å². The second-order valence-electron chi connectivity index (χ2n) is 6.09. The van der Waals surface area contributed by atoms with E-state index >= 15 is 0 Å². The van der Waals surface area contributed by atoms with Gasteiger partial charge in [-0.05, 0) is 56.3 Å². The van der Waals surface area contributed by atoms with Crippen molar-refractivity contribution in [2.24, 2.45) is 5.73 Å². The van der Waals surface area contributed by atoms with Crippen molar-refractivity contribution in [1.82, 2.24) is 4.98 Å². The molecule has 0 amide bonds. The van der Waals surface area contributed by atoms with Crippen molar-refractivity contribution < 1.29 is 0 Å². The number of hydrogen-bond donors (Lipinski definition) is 2. The lowest BCUT2D eigenvalue weighted by atomic mass is 9.99. The van der Waals surface area contributed by atoms with Crippen molar-refractivity contribution >= 4 is 10.9 Å². The van der Waals surface area contributed by atoms with Gasteiger partial charge in [0.05, 0.1) is 0 Å². The molecular formula is C20H24N2. The van der Waals surface area contributed by atoms with Gasteiger partial charge in [0.25, 0.3) is 0 Å². The molecule has 1 heterocycles. The highest BCUT2D eigenvalue weighted by molar-refractivity contribution is 5.92. The zero-order chi connectivity index (χ0) is 15.5. The highest BCUT2D eigenvalue weighted by atomic mass is 14.7. The van der Waals surface area contributed by atoms with Crippen molar-refractivity contribution in [3.8, 4) is 11.3 Å². The number of hydrogen-bond acceptors (Lipinski definition) is 1. The topological polar surface area (TPSA) is 41.8 Å². The molecular weight excluding hydrogens is 268 g/mol. The van der Waals surface area contributed by atoms with Crippen molar-refractivity contribution in [3.05, 3.63) is 59.2 Å². The first-order valence-corrected chi connectivity index (χ1v) is 8.08. The van der Waals surface area contributed by atoms with E-state index in [-0.39, 0.29) is 0 Å². The molecule has 0 aliphatic carbocycles. The highest BCUT2D eigenvalue weighted by Crippen LogP contribution is 2.33. The molecule has 0 saturated carbocycles. The number of para-hydroxylation sites is 1. The summed E-state index contributed by atoms with van der Waals surface area (Å²) in [5.74, 6) is 0. The first kappa shape index (κ1) is 14.9. The number of nitrogens with two attached hydrogens (primary N) is 1. The third kappa shape index (κ3) is 2.79. The van der Waals surface area contributed by atoms with Crippen LogP contribution in [0.4, 0.5) is 0 Å². The van der Waals surface area contributed by atoms with Gasteiger partial charge in [-0.25, -0.2) is 0 Å². The average molecular weight is 292 g/mol. The van der Waals surface area contributed by atoms with E-state index in [1.165, 1.54) is 38.9 Å². The van der Waals surface area contributed by atoms with E-state index < -0.39 is 0 Å². The first-order chi connectivity index (χ1) is 10.7. The van der Waals surface area contributed by atoms with Crippen LogP contribution in [0.1, 0.15) is 29.5 Å². The molecule has 0 aliphatic heterocycles. The molecule has 0 unspecified atom stereocenters. The summed E-state index contributed by atoms with van der Waals surface area (Å²) >= 11 is 0. The summed E-state index contributed by atoms with van der Waals surface area (Å²) in [6, 6.07) is 15.3. The van der Waals surface area contributed by atoms with Crippen LogP contribution >= 0.6 is 0 Å². The van der Waals surface area contributed by atoms with Crippen LogP contribution in [0, 0.1) is 13.8 Å². The predicted molar refractivity (Wildman–Crippen MR) is 95.2 cm³/mol. The fourth-order valence-corrected chi connectivity index (χ4v) is 3.09. The van der Waals surface area contributed by atoms with Gasteiger partial charge in [0.2, 0.25) is 0 Å². The van der Waals surface area contributed by atoms with Crippen LogP contribution in [0.15, 0.2) is 42.5 Å². The Morgan fingerprint density at radius 3 is 2.45 bits per heavy atom. The summed E-state index contributed by atoms with van der Waals surface area (Å²) in [6.07, 6.45) is 3.28. The minimum Gasteiger partial charge on any atom is -0.354 e. The minimum atomic E-state index is 0.765. The Balaban J connectivity index is 2.12. The van der Waals surface area contributed by atoms with Crippen LogP contribution in [0.5, 0.6) is 0 Å². The van der Waals surface area contributed by atoms with Crippen molar-refractivity contribution in [2.45, 2.75) is 33.1 Å². The highest BCUT2D eigenvalue weighted by Gasteiger charge is 2.13. The van der Waals surface area contributed by atoms with Gasteiger partial charge in [-0.3, -0.25) is 0 Å². The van der Waals surface area contributed by atoms with Crippen molar-refractivity contribution in [3.63, 3.8) is 0 Å². The van der Waals surface area contributed by atoms with Crippen LogP contribution in [-0.4, -0.2) is 11.5 Å². The monoisotopic (exact) mass is 292 g/mol. The molecule has 2 nitrogen and oxygen atoms in total. The molecule has 2 heteroatoms. The maximum atomic E-state index is 5.66. The largest absolute Gasteiger partial charge is 0.354 e. The SMILES string of the molecule is Cc1ccc(-c2[nH]c3c(C)cccc3c2CCCCN)cc1. The predicted octanol–water partition coefficient (Wildman–Crippen LogP) is 4.73. The molecule has 1 aromatic heterocycles. The third-order valence-corrected chi connectivity index (χ3v) is 4.37. The van der Waals surface area contributed by atoms with Crippen LogP contribution in [0.3, 0.4) is 0 Å². The summed E-state index contributed by atoms with van der Waals surface area (Å²) in [6.45, 7) is 5.06. The number of rotatable bonds is 5. The Labute approximate surface area is 132 Å². The zero-order valence-corrected chi connectivity index (χ0v) is 13.4. The summed E-state index contributed by atoms with van der Waals surface area (Å²) < 4.78 is 0. The Morgan fingerprint density at radius 2 is 1.73 bits per heavy atom. The molecule has 0 bridgehead atoms. The molecule has 3 aromatic rings. The second-order valence-corrected chi connectivity index (χ2v) is 6.09. The van der Waals surface area contributed by atoms with Gasteiger partial charge in [-0.1, -0.05) is 48.0 Å². The van der Waals surface area contributed by atoms with Gasteiger partial charge in [0.1, 0.15) is 0 Å². The van der Waals surface area contributed by atoms with E-state index in [0.29, 0.717) is 0 Å². The van der Waals surface area contributed by atoms with Crippen LogP contribution in [0.25, 0.3) is 22.2 Å². The van der Waals surface area contributed by atoms with Crippen LogP contribution < -0.4 is 5.73 Å². The lowest BCUT2D eigenvalue weighted by Crippen LogP contribution is -1.99. The Kier molecular flexibility index (Phi) is 4.30. The van der Waals surface area contributed by atoms with E-state index in [2.05, 4.69) is 61.3 Å². The maximum absolute atomic E-state index is 5.66. The zero-order valence-electron chi connectivity index (χ0n) is 13.4. The standard InChI is InChI=1S/C20H24N2/c1-14-9-11-16(12-10-14)20-18(7-3-4-13-21)17-8-5-6-15(2)19(17)22-20/h5-6,8-12,22H,3-4,7,13,21H2,1-2H3. The number of nitrogens with one attached hydrogen (secondary N) is 1. The molecule has 0 atom stereocenters. The Morgan fingerprint density at radius 1 is 0.955 bits per heavy atom. The first-order valence-electron chi connectivity index (χ1n) is 8.08. The minimum absolute atomic E-state index is 0.765. The Hall–Kier alpha value is -2.06. The van der Waals surface area contributed by atoms with Crippen LogP contribution in [-0.2, 0) is 6.42 Å². The summed E-state index contributed by atoms with van der Waals surface area (Å²) in [5, 5.41) is 1.35. The number of aromatic amines is 1. The molecule has 0 fully saturated rings. The van der Waals surface area contributed by atoms with E-state index in [1.807, 2.05) is 0 Å². The maximum Gasteiger partial charge on any atom is 0.0497 e. The molecule has 0 spiro atoms. The molecule has 114 valence electrons. The van der Waals surface area contributed by atoms with Gasteiger partial charge >= 0.3 is 0 Å². The third-order valence-electron chi connectivity index (χ3n) is 4.37. The summed E-state index contributed by atoms with van der Waals surface area (Å²) in [5.41, 5.74) is 13.5. The van der Waals surface area contributed by atoms with E-state index in [1.54, 1.807) is 0 Å². The molecule has 0 saturated heterocycles. The van der Waals surface area contributed by atoms with E-state index in [9.17, 15) is 0 Å². The molecule has 22 heavy (non-hydrogen) atoms. The van der Waals surface area contributed by atoms with Crippen molar-refractivity contribution in [2.75, 3.05) is 6.54 Å². The van der Waals surface area contributed by atoms with Crippen LogP contribution in [0.2, 0.25) is 0 Å². The number of unbranched alkanes of at least 4 members (excludes halogenated alkanes) is 1. The van der Waals surface area contributed by atoms with Gasteiger partial charge < -0.3 is 10.7 Å². The number of aryl methyl sites for hydroxylation is 3. The Bertz CT molecular complexity index is 766. The number of benzene rings is 2. The van der Waals surface area contributed by atoms with Gasteiger partial charge in [0.15, 0.2) is 0 Å². The quantitative estimate of drug-likeness (QED) is 0.656. The fourth-order valence-electron chi connectivity index (χ4n) is 3.09. The second kappa shape index (κ2) is 6.37. The number of aromatic nitrogens is 1. The molecule has 3 N–H and O–H groups in total. The number of H-pyrrole nitrogens is 1. The fraction of sp³-hybridized carbons (Fsp3) is 0.300. The average Bonchev–Trinajstić information content (AvgIpc) is 2.89. The molecule has 0 aliphatic rings. The molecule has 0 radical (unpaired) electrons. The lowest BCUT2D eigenvalue weighted by Gasteiger charge is -2.06.